The Hall–Kier alpha value is -1.68. The molecule has 10 heteroatoms. The highest BCUT2D eigenvalue weighted by Crippen LogP contribution is 2.39. The van der Waals surface area contributed by atoms with Crippen LogP contribution in [-0.4, -0.2) is 39.4 Å². The van der Waals surface area contributed by atoms with Crippen molar-refractivity contribution in [2.75, 3.05) is 26.1 Å². The Morgan fingerprint density at radius 1 is 1.28 bits per heavy atom. The number of methoxy groups -OCH3 is 1. The molecule has 0 bridgehead atoms. The van der Waals surface area contributed by atoms with E-state index in [1.54, 1.807) is 12.1 Å². The number of alkyl halides is 3. The van der Waals surface area contributed by atoms with Gasteiger partial charge in [-0.3, -0.25) is 0 Å². The molecule has 1 heterocycles. The smallest absolute Gasteiger partial charge is 0.496 e. The lowest BCUT2D eigenvalue weighted by Gasteiger charge is -2.26. The lowest BCUT2D eigenvalue weighted by molar-refractivity contribution is -0.0469. The number of hydrogen-bond acceptors (Lipinski definition) is 4. The van der Waals surface area contributed by atoms with Crippen molar-refractivity contribution in [2.45, 2.75) is 11.4 Å². The molecule has 0 fully saturated rings. The van der Waals surface area contributed by atoms with Gasteiger partial charge in [-0.1, -0.05) is 12.1 Å². The molecule has 0 aliphatic carbocycles. The minimum Gasteiger partial charge on any atom is -0.496 e. The highest BCUT2D eigenvalue weighted by molar-refractivity contribution is 9.11. The number of hydrogen-bond donors (Lipinski definition) is 0. The number of allylic oxidation sites excluding steroid dienone is 2. The van der Waals surface area contributed by atoms with Crippen LogP contribution in [0.2, 0.25) is 0 Å². The standard InChI is InChI=1S/C15H16BrF3N2O3S/c1-20(2)11-4-5-12(13(9-11)24-3)10-6-7-21(14(16)8-10)25(22,23)15(17,18)19/h4-10H,1-3H3. The van der Waals surface area contributed by atoms with Crippen LogP contribution in [0.4, 0.5) is 18.9 Å². The van der Waals surface area contributed by atoms with Gasteiger partial charge in [-0.15, -0.1) is 0 Å². The number of halogens is 4. The number of sulfonamides is 1. The summed E-state index contributed by atoms with van der Waals surface area (Å²) in [6.07, 6.45) is 3.62. The molecule has 0 aromatic heterocycles. The summed E-state index contributed by atoms with van der Waals surface area (Å²) in [7, 11) is -0.272. The molecule has 1 aliphatic rings. The molecule has 1 unspecified atom stereocenters. The van der Waals surface area contributed by atoms with Crippen LogP contribution in [0.15, 0.2) is 41.2 Å². The number of benzene rings is 1. The third kappa shape index (κ3) is 3.79. The minimum absolute atomic E-state index is 0.157. The summed E-state index contributed by atoms with van der Waals surface area (Å²) < 4.78 is 66.5. The summed E-state index contributed by atoms with van der Waals surface area (Å²) in [6.45, 7) is 0. The fourth-order valence-corrected chi connectivity index (χ4v) is 3.99. The third-order valence-electron chi connectivity index (χ3n) is 3.60. The van der Waals surface area contributed by atoms with Crippen LogP contribution in [0.3, 0.4) is 0 Å². The normalized spacial score (nSPS) is 18.1. The summed E-state index contributed by atoms with van der Waals surface area (Å²) in [4.78, 5) is 1.88. The molecular formula is C15H16BrF3N2O3S. The fourth-order valence-electron chi connectivity index (χ4n) is 2.27. The maximum Gasteiger partial charge on any atom is 0.517 e. The number of anilines is 1. The van der Waals surface area contributed by atoms with Gasteiger partial charge in [-0.05, 0) is 28.1 Å². The molecule has 0 saturated carbocycles. The average Bonchev–Trinajstić information content (AvgIpc) is 2.52. The first kappa shape index (κ1) is 19.6. The predicted octanol–water partition coefficient (Wildman–Crippen LogP) is 3.76. The molecule has 1 atom stereocenters. The minimum atomic E-state index is -5.49. The predicted molar refractivity (Wildman–Crippen MR) is 93.0 cm³/mol. The van der Waals surface area contributed by atoms with Gasteiger partial charge in [0.2, 0.25) is 0 Å². The van der Waals surface area contributed by atoms with Crippen LogP contribution in [0.5, 0.6) is 5.75 Å². The Bertz CT molecular complexity index is 820. The summed E-state index contributed by atoms with van der Waals surface area (Å²) in [5.41, 5.74) is -3.79. The lowest BCUT2D eigenvalue weighted by Crippen LogP contribution is -2.36. The van der Waals surface area contributed by atoms with Gasteiger partial charge in [0.1, 0.15) is 5.75 Å². The maximum absolute atomic E-state index is 12.7. The maximum atomic E-state index is 12.7. The zero-order valence-electron chi connectivity index (χ0n) is 13.6. The Kier molecular flexibility index (Phi) is 5.43. The lowest BCUT2D eigenvalue weighted by atomic mass is 9.96. The third-order valence-corrected chi connectivity index (χ3v) is 5.90. The van der Waals surface area contributed by atoms with Crippen LogP contribution in [-0.2, 0) is 10.0 Å². The average molecular weight is 441 g/mol. The number of ether oxygens (including phenoxy) is 1. The zero-order valence-corrected chi connectivity index (χ0v) is 16.0. The summed E-state index contributed by atoms with van der Waals surface area (Å²) in [6, 6.07) is 5.42. The topological polar surface area (TPSA) is 49.9 Å². The molecule has 0 amide bonds. The quantitative estimate of drug-likeness (QED) is 0.668. The first-order chi connectivity index (χ1) is 11.5. The molecule has 138 valence electrons. The fraction of sp³-hybridized carbons (Fsp3) is 0.333. The van der Waals surface area contributed by atoms with E-state index in [2.05, 4.69) is 15.9 Å². The molecule has 0 N–H and O–H groups in total. The van der Waals surface area contributed by atoms with Crippen molar-refractivity contribution in [3.8, 4) is 5.75 Å². The van der Waals surface area contributed by atoms with Crippen molar-refractivity contribution < 1.29 is 26.3 Å². The Labute approximate surface area is 152 Å². The van der Waals surface area contributed by atoms with E-state index in [0.717, 1.165) is 11.9 Å². The second kappa shape index (κ2) is 6.91. The van der Waals surface area contributed by atoms with E-state index in [-0.39, 0.29) is 8.91 Å². The van der Waals surface area contributed by atoms with Crippen LogP contribution in [0.25, 0.3) is 0 Å². The monoisotopic (exact) mass is 440 g/mol. The molecule has 0 saturated heterocycles. The first-order valence-corrected chi connectivity index (χ1v) is 9.24. The van der Waals surface area contributed by atoms with Gasteiger partial charge >= 0.3 is 15.5 Å². The Balaban J connectivity index is 2.39. The van der Waals surface area contributed by atoms with Crippen molar-refractivity contribution in [1.82, 2.24) is 4.31 Å². The van der Waals surface area contributed by atoms with Crippen molar-refractivity contribution in [3.05, 3.63) is 46.7 Å². The van der Waals surface area contributed by atoms with Crippen LogP contribution >= 0.6 is 15.9 Å². The van der Waals surface area contributed by atoms with Crippen LogP contribution < -0.4 is 9.64 Å². The summed E-state index contributed by atoms with van der Waals surface area (Å²) in [5.74, 6) is 0.102. The second-order valence-corrected chi connectivity index (χ2v) is 8.04. The zero-order chi connectivity index (χ0) is 19.0. The van der Waals surface area contributed by atoms with Gasteiger partial charge in [0, 0.05) is 43.5 Å². The summed E-state index contributed by atoms with van der Waals surface area (Å²) in [5, 5.41) is 0. The number of nitrogens with zero attached hydrogens (tertiary/aromatic N) is 2. The molecule has 0 spiro atoms. The van der Waals surface area contributed by atoms with Gasteiger partial charge in [0.05, 0.1) is 11.7 Å². The number of rotatable bonds is 4. The molecular weight excluding hydrogens is 425 g/mol. The van der Waals surface area contributed by atoms with E-state index in [4.69, 9.17) is 4.74 Å². The van der Waals surface area contributed by atoms with E-state index < -0.39 is 21.4 Å². The molecule has 5 nitrogen and oxygen atoms in total. The van der Waals surface area contributed by atoms with Crippen molar-refractivity contribution in [3.63, 3.8) is 0 Å². The molecule has 2 rings (SSSR count). The van der Waals surface area contributed by atoms with Gasteiger partial charge in [0.15, 0.2) is 0 Å². The molecule has 1 aliphatic heterocycles. The highest BCUT2D eigenvalue weighted by Gasteiger charge is 2.50. The van der Waals surface area contributed by atoms with E-state index in [0.29, 0.717) is 11.3 Å². The van der Waals surface area contributed by atoms with Crippen LogP contribution in [0, 0.1) is 0 Å². The highest BCUT2D eigenvalue weighted by atomic mass is 79.9. The summed E-state index contributed by atoms with van der Waals surface area (Å²) >= 11 is 2.91. The van der Waals surface area contributed by atoms with Crippen molar-refractivity contribution in [2.24, 2.45) is 0 Å². The van der Waals surface area contributed by atoms with E-state index in [1.807, 2.05) is 25.1 Å². The van der Waals surface area contributed by atoms with Gasteiger partial charge in [0.25, 0.3) is 0 Å². The van der Waals surface area contributed by atoms with E-state index >= 15 is 0 Å². The SMILES string of the molecule is COc1cc(N(C)C)ccc1C1C=CN(S(=O)(=O)C(F)(F)F)C(Br)=C1. The molecule has 25 heavy (non-hydrogen) atoms. The Morgan fingerprint density at radius 2 is 1.92 bits per heavy atom. The second-order valence-electron chi connectivity index (χ2n) is 5.42. The van der Waals surface area contributed by atoms with Gasteiger partial charge in [-0.2, -0.15) is 21.6 Å². The van der Waals surface area contributed by atoms with Gasteiger partial charge < -0.3 is 9.64 Å². The van der Waals surface area contributed by atoms with Crippen molar-refractivity contribution >= 4 is 31.6 Å². The van der Waals surface area contributed by atoms with E-state index in [1.165, 1.54) is 19.3 Å². The van der Waals surface area contributed by atoms with Crippen molar-refractivity contribution in [1.29, 1.82) is 0 Å². The largest absolute Gasteiger partial charge is 0.517 e. The molecule has 1 aromatic rings. The Morgan fingerprint density at radius 3 is 2.40 bits per heavy atom. The molecule has 1 aromatic carbocycles. The van der Waals surface area contributed by atoms with Crippen LogP contribution in [0.1, 0.15) is 11.5 Å². The molecule has 0 radical (unpaired) electrons. The van der Waals surface area contributed by atoms with E-state index in [9.17, 15) is 21.6 Å². The van der Waals surface area contributed by atoms with Gasteiger partial charge in [-0.25, -0.2) is 4.31 Å². The first-order valence-electron chi connectivity index (χ1n) is 7.00.